The molecule has 1 saturated heterocycles. The van der Waals surface area contributed by atoms with E-state index in [0.717, 1.165) is 54.4 Å². The van der Waals surface area contributed by atoms with Gasteiger partial charge in [0.15, 0.2) is 0 Å². The van der Waals surface area contributed by atoms with Crippen molar-refractivity contribution in [1.82, 2.24) is 4.90 Å². The maximum absolute atomic E-state index is 12.7. The highest BCUT2D eigenvalue weighted by Gasteiger charge is 2.18. The van der Waals surface area contributed by atoms with Crippen molar-refractivity contribution in [3.8, 4) is 5.75 Å². The van der Waals surface area contributed by atoms with Gasteiger partial charge in [-0.05, 0) is 32.2 Å². The lowest BCUT2D eigenvalue weighted by Gasteiger charge is -2.35. The molecule has 0 spiro atoms. The fraction of sp³-hybridized carbons (Fsp3) is 0.381. The van der Waals surface area contributed by atoms with Gasteiger partial charge in [0, 0.05) is 31.7 Å². The summed E-state index contributed by atoms with van der Waals surface area (Å²) < 4.78 is 5.39. The van der Waals surface area contributed by atoms with E-state index in [4.69, 9.17) is 4.74 Å². The van der Waals surface area contributed by atoms with E-state index < -0.39 is 0 Å². The molecule has 2 aromatic rings. The SMILES string of the molecule is COc1ccc(C)cc1CC(=O)Nc1ccccc1N1CCN(C)CC1. The van der Waals surface area contributed by atoms with Crippen molar-refractivity contribution in [2.75, 3.05) is 50.6 Å². The van der Waals surface area contributed by atoms with Crippen LogP contribution in [0.5, 0.6) is 5.75 Å². The zero-order valence-electron chi connectivity index (χ0n) is 15.8. The first-order valence-electron chi connectivity index (χ1n) is 9.02. The Morgan fingerprint density at radius 2 is 1.85 bits per heavy atom. The van der Waals surface area contributed by atoms with Crippen LogP contribution in [0.15, 0.2) is 42.5 Å². The summed E-state index contributed by atoms with van der Waals surface area (Å²) in [5, 5.41) is 3.09. The minimum atomic E-state index is -0.0320. The number of piperazine rings is 1. The maximum Gasteiger partial charge on any atom is 0.228 e. The minimum absolute atomic E-state index is 0.0320. The number of hydrogen-bond acceptors (Lipinski definition) is 4. The Hall–Kier alpha value is -2.53. The normalized spacial score (nSPS) is 15.0. The third-order valence-corrected chi connectivity index (χ3v) is 4.81. The van der Waals surface area contributed by atoms with Crippen LogP contribution in [0.1, 0.15) is 11.1 Å². The number of hydrogen-bond donors (Lipinski definition) is 1. The molecule has 1 amide bonds. The van der Waals surface area contributed by atoms with Gasteiger partial charge in [-0.3, -0.25) is 4.79 Å². The molecule has 0 saturated carbocycles. The predicted molar refractivity (Wildman–Crippen MR) is 106 cm³/mol. The Morgan fingerprint density at radius 1 is 1.12 bits per heavy atom. The summed E-state index contributed by atoms with van der Waals surface area (Å²) in [5.41, 5.74) is 3.98. The van der Waals surface area contributed by atoms with Crippen LogP contribution in [0.3, 0.4) is 0 Å². The fourth-order valence-electron chi connectivity index (χ4n) is 3.32. The van der Waals surface area contributed by atoms with Crippen molar-refractivity contribution in [3.05, 3.63) is 53.6 Å². The van der Waals surface area contributed by atoms with E-state index in [1.807, 2.05) is 43.3 Å². The minimum Gasteiger partial charge on any atom is -0.496 e. The van der Waals surface area contributed by atoms with Crippen LogP contribution in [0, 0.1) is 6.92 Å². The van der Waals surface area contributed by atoms with Crippen molar-refractivity contribution in [2.45, 2.75) is 13.3 Å². The summed E-state index contributed by atoms with van der Waals surface area (Å²) in [6.07, 6.45) is 0.294. The van der Waals surface area contributed by atoms with Crippen LogP contribution in [-0.4, -0.2) is 51.1 Å². The van der Waals surface area contributed by atoms with Gasteiger partial charge in [-0.25, -0.2) is 0 Å². The van der Waals surface area contributed by atoms with Crippen LogP contribution in [-0.2, 0) is 11.2 Å². The maximum atomic E-state index is 12.7. The van der Waals surface area contributed by atoms with Crippen LogP contribution in [0.2, 0.25) is 0 Å². The largest absolute Gasteiger partial charge is 0.496 e. The van der Waals surface area contributed by atoms with Crippen molar-refractivity contribution in [1.29, 1.82) is 0 Å². The number of aryl methyl sites for hydroxylation is 1. The second kappa shape index (κ2) is 8.23. The molecule has 1 fully saturated rings. The lowest BCUT2D eigenvalue weighted by atomic mass is 10.1. The van der Waals surface area contributed by atoms with E-state index in [-0.39, 0.29) is 5.91 Å². The van der Waals surface area contributed by atoms with E-state index in [0.29, 0.717) is 6.42 Å². The van der Waals surface area contributed by atoms with Gasteiger partial charge in [0.25, 0.3) is 0 Å². The zero-order chi connectivity index (χ0) is 18.5. The number of para-hydroxylation sites is 2. The number of rotatable bonds is 5. The molecule has 2 aromatic carbocycles. The molecule has 138 valence electrons. The molecule has 1 aliphatic rings. The molecular formula is C21H27N3O2. The van der Waals surface area contributed by atoms with Gasteiger partial charge in [0.2, 0.25) is 5.91 Å². The van der Waals surface area contributed by atoms with Crippen molar-refractivity contribution in [3.63, 3.8) is 0 Å². The second-order valence-corrected chi connectivity index (χ2v) is 6.85. The molecule has 0 radical (unpaired) electrons. The number of benzene rings is 2. The van der Waals surface area contributed by atoms with E-state index in [1.54, 1.807) is 7.11 Å². The molecule has 26 heavy (non-hydrogen) atoms. The molecule has 1 aliphatic heterocycles. The van der Waals surface area contributed by atoms with E-state index >= 15 is 0 Å². The zero-order valence-corrected chi connectivity index (χ0v) is 15.8. The van der Waals surface area contributed by atoms with Gasteiger partial charge < -0.3 is 19.9 Å². The average Bonchev–Trinajstić information content (AvgIpc) is 2.63. The van der Waals surface area contributed by atoms with E-state index in [2.05, 4.69) is 28.2 Å². The molecule has 0 aromatic heterocycles. The summed E-state index contributed by atoms with van der Waals surface area (Å²) in [6.45, 7) is 6.01. The highest BCUT2D eigenvalue weighted by molar-refractivity contribution is 5.95. The van der Waals surface area contributed by atoms with Crippen molar-refractivity contribution < 1.29 is 9.53 Å². The van der Waals surface area contributed by atoms with Crippen molar-refractivity contribution >= 4 is 17.3 Å². The number of nitrogens with zero attached hydrogens (tertiary/aromatic N) is 2. The molecule has 1 heterocycles. The van der Waals surface area contributed by atoms with Crippen LogP contribution in [0.25, 0.3) is 0 Å². The molecular weight excluding hydrogens is 326 g/mol. The number of carbonyl (C=O) groups is 1. The van der Waals surface area contributed by atoms with Crippen LogP contribution in [0.4, 0.5) is 11.4 Å². The van der Waals surface area contributed by atoms with Crippen molar-refractivity contribution in [2.24, 2.45) is 0 Å². The number of anilines is 2. The van der Waals surface area contributed by atoms with E-state index in [1.165, 1.54) is 0 Å². The molecule has 1 N–H and O–H groups in total. The Morgan fingerprint density at radius 3 is 2.58 bits per heavy atom. The number of nitrogens with one attached hydrogen (secondary N) is 1. The Bertz CT molecular complexity index is 768. The molecule has 0 bridgehead atoms. The third kappa shape index (κ3) is 4.35. The topological polar surface area (TPSA) is 44.8 Å². The predicted octanol–water partition coefficient (Wildman–Crippen LogP) is 2.94. The fourth-order valence-corrected chi connectivity index (χ4v) is 3.32. The Balaban J connectivity index is 1.73. The molecule has 5 heteroatoms. The number of carbonyl (C=O) groups excluding carboxylic acids is 1. The first-order chi connectivity index (χ1) is 12.6. The van der Waals surface area contributed by atoms with Gasteiger partial charge in [-0.15, -0.1) is 0 Å². The van der Waals surface area contributed by atoms with Gasteiger partial charge in [-0.1, -0.05) is 29.8 Å². The highest BCUT2D eigenvalue weighted by Crippen LogP contribution is 2.27. The van der Waals surface area contributed by atoms with Gasteiger partial charge in [0.1, 0.15) is 5.75 Å². The summed E-state index contributed by atoms with van der Waals surface area (Å²) in [5.74, 6) is 0.716. The first-order valence-corrected chi connectivity index (χ1v) is 9.02. The number of amides is 1. The summed E-state index contributed by atoms with van der Waals surface area (Å²) >= 11 is 0. The van der Waals surface area contributed by atoms with E-state index in [9.17, 15) is 4.79 Å². The smallest absolute Gasteiger partial charge is 0.228 e. The Kier molecular flexibility index (Phi) is 5.78. The van der Waals surface area contributed by atoms with Crippen LogP contribution < -0.4 is 15.0 Å². The summed E-state index contributed by atoms with van der Waals surface area (Å²) in [4.78, 5) is 17.3. The van der Waals surface area contributed by atoms with Gasteiger partial charge >= 0.3 is 0 Å². The molecule has 0 unspecified atom stereocenters. The lowest BCUT2D eigenvalue weighted by Crippen LogP contribution is -2.44. The number of likely N-dealkylation sites (N-methyl/N-ethyl adjacent to an activating group) is 1. The quantitative estimate of drug-likeness (QED) is 0.898. The standard InChI is InChI=1S/C21H27N3O2/c1-16-8-9-20(26-3)17(14-16)15-21(25)22-18-6-4-5-7-19(18)24-12-10-23(2)11-13-24/h4-9,14H,10-13,15H2,1-3H3,(H,22,25). The van der Waals surface area contributed by atoms with Gasteiger partial charge in [-0.2, -0.15) is 0 Å². The average molecular weight is 353 g/mol. The van der Waals surface area contributed by atoms with Gasteiger partial charge in [0.05, 0.1) is 24.9 Å². The first kappa shape index (κ1) is 18.3. The number of ether oxygens (including phenoxy) is 1. The second-order valence-electron chi connectivity index (χ2n) is 6.85. The lowest BCUT2D eigenvalue weighted by molar-refractivity contribution is -0.115. The van der Waals surface area contributed by atoms with Crippen LogP contribution >= 0.6 is 0 Å². The third-order valence-electron chi connectivity index (χ3n) is 4.81. The Labute approximate surface area is 155 Å². The molecule has 0 atom stereocenters. The molecule has 0 aliphatic carbocycles. The summed E-state index contributed by atoms with van der Waals surface area (Å²) in [6, 6.07) is 13.9. The summed E-state index contributed by atoms with van der Waals surface area (Å²) in [7, 11) is 3.77. The molecule has 5 nitrogen and oxygen atoms in total. The number of methoxy groups -OCH3 is 1. The highest BCUT2D eigenvalue weighted by atomic mass is 16.5. The molecule has 3 rings (SSSR count). The monoisotopic (exact) mass is 353 g/mol.